The van der Waals surface area contributed by atoms with E-state index in [1.54, 1.807) is 25.3 Å². The molecule has 0 fully saturated rings. The van der Waals surface area contributed by atoms with Crippen LogP contribution >= 0.6 is 11.3 Å². The number of carbonyl (C=O) groups is 2. The molecule has 20 heavy (non-hydrogen) atoms. The third-order valence-corrected chi connectivity index (χ3v) is 4.01. The van der Waals surface area contributed by atoms with Crippen molar-refractivity contribution in [3.8, 4) is 0 Å². The van der Waals surface area contributed by atoms with Crippen molar-refractivity contribution in [2.75, 3.05) is 13.6 Å². The van der Waals surface area contributed by atoms with Gasteiger partial charge in [0, 0.05) is 35.8 Å². The van der Waals surface area contributed by atoms with Crippen molar-refractivity contribution in [1.82, 2.24) is 10.2 Å². The first-order valence-electron chi connectivity index (χ1n) is 6.59. The predicted octanol–water partition coefficient (Wildman–Crippen LogP) is 2.35. The number of rotatable bonds is 6. The fourth-order valence-corrected chi connectivity index (χ4v) is 2.86. The minimum absolute atomic E-state index is 0.0168. The highest BCUT2D eigenvalue weighted by Gasteiger charge is 2.18. The Kier molecular flexibility index (Phi) is 6.01. The van der Waals surface area contributed by atoms with Crippen LogP contribution in [0.5, 0.6) is 0 Å². The molecule has 0 aliphatic heterocycles. The van der Waals surface area contributed by atoms with Crippen LogP contribution in [0.15, 0.2) is 12.1 Å². The highest BCUT2D eigenvalue weighted by atomic mass is 32.1. The van der Waals surface area contributed by atoms with Crippen molar-refractivity contribution in [2.24, 2.45) is 5.92 Å². The van der Waals surface area contributed by atoms with Gasteiger partial charge in [-0.15, -0.1) is 11.3 Å². The van der Waals surface area contributed by atoms with Gasteiger partial charge in [0.05, 0.1) is 5.92 Å². The summed E-state index contributed by atoms with van der Waals surface area (Å²) in [4.78, 5) is 26.6. The van der Waals surface area contributed by atoms with E-state index in [-0.39, 0.29) is 18.6 Å². The van der Waals surface area contributed by atoms with Crippen LogP contribution in [0.25, 0.3) is 0 Å². The maximum Gasteiger partial charge on any atom is 0.317 e. The van der Waals surface area contributed by atoms with Crippen molar-refractivity contribution in [2.45, 2.75) is 33.2 Å². The minimum atomic E-state index is -0.897. The number of hydrogen-bond acceptors (Lipinski definition) is 3. The number of thiophene rings is 1. The maximum absolute atomic E-state index is 11.9. The summed E-state index contributed by atoms with van der Waals surface area (Å²) in [5.74, 6) is -1.47. The van der Waals surface area contributed by atoms with Crippen LogP contribution in [0, 0.1) is 12.8 Å². The van der Waals surface area contributed by atoms with E-state index in [1.807, 2.05) is 6.92 Å². The summed E-state index contributed by atoms with van der Waals surface area (Å²) in [6.07, 6.45) is 0.784. The van der Waals surface area contributed by atoms with Gasteiger partial charge in [-0.25, -0.2) is 4.79 Å². The molecule has 1 heterocycles. The molecule has 2 amide bonds. The first-order valence-corrected chi connectivity index (χ1v) is 7.41. The third-order valence-electron chi connectivity index (χ3n) is 2.99. The highest BCUT2D eigenvalue weighted by Crippen LogP contribution is 2.16. The van der Waals surface area contributed by atoms with Gasteiger partial charge in [-0.05, 0) is 26.0 Å². The number of nitrogens with one attached hydrogen (secondary N) is 1. The normalized spacial score (nSPS) is 13.6. The summed E-state index contributed by atoms with van der Waals surface area (Å²) in [6, 6.07) is 3.91. The number of amides is 2. The molecule has 6 heteroatoms. The summed E-state index contributed by atoms with van der Waals surface area (Å²) in [7, 11) is 1.61. The lowest BCUT2D eigenvalue weighted by Crippen LogP contribution is -2.44. The first kappa shape index (κ1) is 16.5. The highest BCUT2D eigenvalue weighted by molar-refractivity contribution is 7.11. The molecule has 0 bridgehead atoms. The molecule has 112 valence electrons. The van der Waals surface area contributed by atoms with Gasteiger partial charge in [0.15, 0.2) is 0 Å². The summed E-state index contributed by atoms with van der Waals surface area (Å²) in [6.45, 7) is 5.79. The topological polar surface area (TPSA) is 69.6 Å². The molecule has 2 unspecified atom stereocenters. The van der Waals surface area contributed by atoms with E-state index in [2.05, 4.69) is 24.4 Å². The standard InChI is InChI=1S/C14H22N2O3S/c1-9(13(17)18)8-16(4)14(19)15-10(2)7-12-6-5-11(3)20-12/h5-6,9-10H,7-8H2,1-4H3,(H,15,19)(H,17,18). The average molecular weight is 298 g/mol. The second-order valence-corrected chi connectivity index (χ2v) is 6.56. The monoisotopic (exact) mass is 298 g/mol. The van der Waals surface area contributed by atoms with E-state index in [0.717, 1.165) is 6.42 Å². The Morgan fingerprint density at radius 3 is 2.55 bits per heavy atom. The second-order valence-electron chi connectivity index (χ2n) is 5.19. The average Bonchev–Trinajstić information content (AvgIpc) is 2.73. The van der Waals surface area contributed by atoms with Crippen LogP contribution < -0.4 is 5.32 Å². The number of carboxylic acids is 1. The smallest absolute Gasteiger partial charge is 0.317 e. The molecule has 0 spiro atoms. The zero-order chi connectivity index (χ0) is 15.3. The van der Waals surface area contributed by atoms with E-state index >= 15 is 0 Å². The number of aliphatic carboxylic acids is 1. The van der Waals surface area contributed by atoms with E-state index in [0.29, 0.717) is 0 Å². The molecule has 2 N–H and O–H groups in total. The lowest BCUT2D eigenvalue weighted by Gasteiger charge is -2.22. The third kappa shape index (κ3) is 5.21. The number of nitrogens with zero attached hydrogens (tertiary/aromatic N) is 1. The van der Waals surface area contributed by atoms with Gasteiger partial charge in [-0.1, -0.05) is 6.92 Å². The Bertz CT molecular complexity index is 473. The van der Waals surface area contributed by atoms with Gasteiger partial charge in [0.1, 0.15) is 0 Å². The van der Waals surface area contributed by atoms with Crippen molar-refractivity contribution in [1.29, 1.82) is 0 Å². The maximum atomic E-state index is 11.9. The number of carboxylic acid groups (broad SMARTS) is 1. The molecule has 0 aliphatic carbocycles. The van der Waals surface area contributed by atoms with Crippen LogP contribution in [0.3, 0.4) is 0 Å². The van der Waals surface area contributed by atoms with Crippen molar-refractivity contribution in [3.63, 3.8) is 0 Å². The second kappa shape index (κ2) is 7.28. The minimum Gasteiger partial charge on any atom is -0.481 e. The molecule has 1 aromatic rings. The molecule has 1 rings (SSSR count). The zero-order valence-electron chi connectivity index (χ0n) is 12.3. The SMILES string of the molecule is Cc1ccc(CC(C)NC(=O)N(C)CC(C)C(=O)O)s1. The van der Waals surface area contributed by atoms with E-state index in [9.17, 15) is 9.59 Å². The Morgan fingerprint density at radius 2 is 2.05 bits per heavy atom. The lowest BCUT2D eigenvalue weighted by atomic mass is 10.2. The molecule has 0 saturated heterocycles. The molecule has 0 saturated carbocycles. The van der Waals surface area contributed by atoms with E-state index in [4.69, 9.17) is 5.11 Å². The number of urea groups is 1. The lowest BCUT2D eigenvalue weighted by molar-refractivity contribution is -0.141. The fourth-order valence-electron chi connectivity index (χ4n) is 1.84. The molecule has 0 radical (unpaired) electrons. The molecule has 0 aliphatic rings. The predicted molar refractivity (Wildman–Crippen MR) is 80.2 cm³/mol. The summed E-state index contributed by atoms with van der Waals surface area (Å²) in [5.41, 5.74) is 0. The zero-order valence-corrected chi connectivity index (χ0v) is 13.2. The van der Waals surface area contributed by atoms with Crippen LogP contribution in [-0.4, -0.2) is 41.6 Å². The Balaban J connectivity index is 2.42. The van der Waals surface area contributed by atoms with Crippen LogP contribution in [0.1, 0.15) is 23.6 Å². The first-order chi connectivity index (χ1) is 9.29. The van der Waals surface area contributed by atoms with Gasteiger partial charge in [-0.3, -0.25) is 4.79 Å². The molecule has 0 aromatic carbocycles. The van der Waals surface area contributed by atoms with E-state index < -0.39 is 11.9 Å². The van der Waals surface area contributed by atoms with E-state index in [1.165, 1.54) is 14.7 Å². The largest absolute Gasteiger partial charge is 0.481 e. The molecule has 5 nitrogen and oxygen atoms in total. The van der Waals surface area contributed by atoms with Gasteiger partial charge in [0.2, 0.25) is 0 Å². The van der Waals surface area contributed by atoms with Gasteiger partial charge in [-0.2, -0.15) is 0 Å². The van der Waals surface area contributed by atoms with Crippen molar-refractivity contribution >= 4 is 23.3 Å². The summed E-state index contributed by atoms with van der Waals surface area (Å²) < 4.78 is 0. The van der Waals surface area contributed by atoms with Crippen molar-refractivity contribution < 1.29 is 14.7 Å². The molecule has 1 aromatic heterocycles. The van der Waals surface area contributed by atoms with Gasteiger partial charge in [0.25, 0.3) is 0 Å². The Morgan fingerprint density at radius 1 is 1.40 bits per heavy atom. The Labute approximate surface area is 123 Å². The molecule has 2 atom stereocenters. The summed E-state index contributed by atoms with van der Waals surface area (Å²) in [5, 5.41) is 11.7. The molecular weight excluding hydrogens is 276 g/mol. The van der Waals surface area contributed by atoms with Crippen molar-refractivity contribution in [3.05, 3.63) is 21.9 Å². The number of hydrogen-bond donors (Lipinski definition) is 2. The van der Waals surface area contributed by atoms with Gasteiger partial charge >= 0.3 is 12.0 Å². The molecular formula is C14H22N2O3S. The number of carbonyl (C=O) groups excluding carboxylic acids is 1. The fraction of sp³-hybridized carbons (Fsp3) is 0.571. The van der Waals surface area contributed by atoms with Gasteiger partial charge < -0.3 is 15.3 Å². The van der Waals surface area contributed by atoms with Crippen LogP contribution in [0.2, 0.25) is 0 Å². The number of aryl methyl sites for hydroxylation is 1. The van der Waals surface area contributed by atoms with Crippen LogP contribution in [0.4, 0.5) is 4.79 Å². The van der Waals surface area contributed by atoms with Crippen LogP contribution in [-0.2, 0) is 11.2 Å². The Hall–Kier alpha value is -1.56. The summed E-state index contributed by atoms with van der Waals surface area (Å²) >= 11 is 1.72. The quantitative estimate of drug-likeness (QED) is 0.847.